The second kappa shape index (κ2) is 4.37. The Hall–Kier alpha value is -1.39. The Morgan fingerprint density at radius 3 is 2.06 bits per heavy atom. The van der Waals surface area contributed by atoms with E-state index in [0.29, 0.717) is 5.92 Å². The summed E-state index contributed by atoms with van der Waals surface area (Å²) < 4.78 is 0. The first-order valence-corrected chi connectivity index (χ1v) is 6.44. The molecule has 4 atom stereocenters. The summed E-state index contributed by atoms with van der Waals surface area (Å²) >= 11 is 0. The minimum absolute atomic E-state index is 0.171. The molecule has 5 nitrogen and oxygen atoms in total. The van der Waals surface area contributed by atoms with Gasteiger partial charge in [0.25, 0.3) is 0 Å². The van der Waals surface area contributed by atoms with Crippen molar-refractivity contribution in [1.29, 1.82) is 0 Å². The number of hydrogen-bond donors (Lipinski definition) is 1. The van der Waals surface area contributed by atoms with Crippen LogP contribution in [-0.2, 0) is 14.4 Å². The number of likely N-dealkylation sites (tertiary alicyclic amines) is 1. The van der Waals surface area contributed by atoms with Gasteiger partial charge in [0, 0.05) is 6.04 Å². The lowest BCUT2D eigenvalue weighted by atomic mass is 10.00. The SMILES string of the molecule is CC1CC2C(=O)N(C(C)C(C)C(=O)O)C(=O)C2C1. The van der Waals surface area contributed by atoms with E-state index >= 15 is 0 Å². The van der Waals surface area contributed by atoms with Crippen molar-refractivity contribution >= 4 is 17.8 Å². The molecule has 1 saturated heterocycles. The van der Waals surface area contributed by atoms with E-state index < -0.39 is 17.9 Å². The molecule has 0 aromatic heterocycles. The molecule has 2 rings (SSSR count). The summed E-state index contributed by atoms with van der Waals surface area (Å²) in [4.78, 5) is 36.6. The Morgan fingerprint density at radius 2 is 1.67 bits per heavy atom. The number of amides is 2. The topological polar surface area (TPSA) is 74.7 Å². The summed E-state index contributed by atoms with van der Waals surface area (Å²) in [5.41, 5.74) is 0. The molecule has 2 amide bonds. The summed E-state index contributed by atoms with van der Waals surface area (Å²) in [5, 5.41) is 8.98. The summed E-state index contributed by atoms with van der Waals surface area (Å²) in [5.74, 6) is -2.07. The van der Waals surface area contributed by atoms with Crippen molar-refractivity contribution in [2.75, 3.05) is 0 Å². The van der Waals surface area contributed by atoms with E-state index in [4.69, 9.17) is 5.11 Å². The molecule has 1 aliphatic heterocycles. The van der Waals surface area contributed by atoms with E-state index in [2.05, 4.69) is 0 Å². The zero-order chi connectivity index (χ0) is 13.6. The molecule has 18 heavy (non-hydrogen) atoms. The lowest BCUT2D eigenvalue weighted by Gasteiger charge is -2.27. The van der Waals surface area contributed by atoms with Crippen LogP contribution in [0.25, 0.3) is 0 Å². The monoisotopic (exact) mass is 253 g/mol. The molecule has 4 unspecified atom stereocenters. The number of fused-ring (bicyclic) bond motifs is 1. The highest BCUT2D eigenvalue weighted by Gasteiger charge is 2.53. The molecule has 0 aromatic rings. The Bertz CT molecular complexity index is 382. The average Bonchev–Trinajstić information content (AvgIpc) is 2.77. The minimum atomic E-state index is -0.978. The molecule has 1 saturated carbocycles. The zero-order valence-electron chi connectivity index (χ0n) is 10.9. The van der Waals surface area contributed by atoms with E-state index in [1.807, 2.05) is 6.92 Å². The van der Waals surface area contributed by atoms with Crippen LogP contribution in [0.3, 0.4) is 0 Å². The first kappa shape index (κ1) is 13.1. The normalized spacial score (nSPS) is 34.6. The van der Waals surface area contributed by atoms with Gasteiger partial charge < -0.3 is 5.11 Å². The van der Waals surface area contributed by atoms with Crippen molar-refractivity contribution in [3.8, 4) is 0 Å². The number of hydrogen-bond acceptors (Lipinski definition) is 3. The van der Waals surface area contributed by atoms with Gasteiger partial charge in [0.1, 0.15) is 0 Å². The van der Waals surface area contributed by atoms with Gasteiger partial charge in [-0.1, -0.05) is 6.92 Å². The molecule has 2 aliphatic rings. The maximum Gasteiger partial charge on any atom is 0.308 e. The van der Waals surface area contributed by atoms with E-state index in [-0.39, 0.29) is 23.7 Å². The van der Waals surface area contributed by atoms with E-state index in [0.717, 1.165) is 12.8 Å². The smallest absolute Gasteiger partial charge is 0.308 e. The zero-order valence-corrected chi connectivity index (χ0v) is 10.9. The standard InChI is InChI=1S/C13H19NO4/c1-6-4-9-10(5-6)12(16)14(11(9)15)8(3)7(2)13(17)18/h6-10H,4-5H2,1-3H3,(H,17,18). The lowest BCUT2D eigenvalue weighted by molar-refractivity contribution is -0.149. The van der Waals surface area contributed by atoms with Gasteiger partial charge in [0.15, 0.2) is 0 Å². The van der Waals surface area contributed by atoms with Crippen molar-refractivity contribution in [2.24, 2.45) is 23.7 Å². The summed E-state index contributed by atoms with van der Waals surface area (Å²) in [7, 11) is 0. The van der Waals surface area contributed by atoms with Gasteiger partial charge in [-0.3, -0.25) is 19.3 Å². The minimum Gasteiger partial charge on any atom is -0.481 e. The Labute approximate surface area is 106 Å². The maximum absolute atomic E-state index is 12.2. The highest BCUT2D eigenvalue weighted by molar-refractivity contribution is 6.06. The molecule has 1 aliphatic carbocycles. The number of carboxylic acid groups (broad SMARTS) is 1. The number of aliphatic carboxylic acids is 1. The fourth-order valence-corrected chi connectivity index (χ4v) is 3.13. The Morgan fingerprint density at radius 1 is 1.22 bits per heavy atom. The van der Waals surface area contributed by atoms with E-state index in [1.165, 1.54) is 11.8 Å². The maximum atomic E-state index is 12.2. The van der Waals surface area contributed by atoms with Crippen LogP contribution < -0.4 is 0 Å². The van der Waals surface area contributed by atoms with Gasteiger partial charge in [-0.05, 0) is 32.6 Å². The highest BCUT2D eigenvalue weighted by atomic mass is 16.4. The predicted octanol–water partition coefficient (Wildman–Crippen LogP) is 1.13. The van der Waals surface area contributed by atoms with Gasteiger partial charge >= 0.3 is 5.97 Å². The van der Waals surface area contributed by atoms with Crippen molar-refractivity contribution in [1.82, 2.24) is 4.90 Å². The van der Waals surface area contributed by atoms with Crippen molar-refractivity contribution in [3.05, 3.63) is 0 Å². The third kappa shape index (κ3) is 1.82. The van der Waals surface area contributed by atoms with Gasteiger partial charge in [-0.2, -0.15) is 0 Å². The number of carbonyl (C=O) groups is 3. The van der Waals surface area contributed by atoms with E-state index in [1.54, 1.807) is 6.92 Å². The lowest BCUT2D eigenvalue weighted by Crippen LogP contribution is -2.45. The van der Waals surface area contributed by atoms with Crippen molar-refractivity contribution < 1.29 is 19.5 Å². The molecular weight excluding hydrogens is 234 g/mol. The molecule has 100 valence electrons. The van der Waals surface area contributed by atoms with Gasteiger partial charge in [-0.25, -0.2) is 0 Å². The van der Waals surface area contributed by atoms with Crippen LogP contribution in [0.2, 0.25) is 0 Å². The summed E-state index contributed by atoms with van der Waals surface area (Å²) in [6, 6.07) is -0.566. The second-order valence-electron chi connectivity index (χ2n) is 5.70. The molecule has 0 radical (unpaired) electrons. The van der Waals surface area contributed by atoms with Crippen LogP contribution in [0.1, 0.15) is 33.6 Å². The van der Waals surface area contributed by atoms with Crippen molar-refractivity contribution in [2.45, 2.75) is 39.7 Å². The van der Waals surface area contributed by atoms with Crippen LogP contribution in [0.4, 0.5) is 0 Å². The van der Waals surface area contributed by atoms with Crippen LogP contribution in [0.5, 0.6) is 0 Å². The Balaban J connectivity index is 2.19. The highest BCUT2D eigenvalue weighted by Crippen LogP contribution is 2.43. The molecule has 0 bridgehead atoms. The fraction of sp³-hybridized carbons (Fsp3) is 0.769. The van der Waals surface area contributed by atoms with E-state index in [9.17, 15) is 14.4 Å². The molecule has 0 spiro atoms. The first-order valence-electron chi connectivity index (χ1n) is 6.44. The van der Waals surface area contributed by atoms with Crippen LogP contribution in [0, 0.1) is 23.7 Å². The predicted molar refractivity (Wildman–Crippen MR) is 63.5 cm³/mol. The number of rotatable bonds is 3. The quantitative estimate of drug-likeness (QED) is 0.765. The molecular formula is C13H19NO4. The van der Waals surface area contributed by atoms with Crippen LogP contribution in [0.15, 0.2) is 0 Å². The summed E-state index contributed by atoms with van der Waals surface area (Å²) in [6.45, 7) is 5.22. The molecule has 0 aromatic carbocycles. The number of imide groups is 1. The molecule has 1 N–H and O–H groups in total. The molecule has 2 fully saturated rings. The summed E-state index contributed by atoms with van der Waals surface area (Å²) in [6.07, 6.45) is 1.50. The van der Waals surface area contributed by atoms with Gasteiger partial charge in [0.05, 0.1) is 17.8 Å². The van der Waals surface area contributed by atoms with Crippen molar-refractivity contribution in [3.63, 3.8) is 0 Å². The molecule has 5 heteroatoms. The molecule has 1 heterocycles. The fourth-order valence-electron chi connectivity index (χ4n) is 3.13. The third-order valence-corrected chi connectivity index (χ3v) is 4.43. The van der Waals surface area contributed by atoms with Gasteiger partial charge in [0.2, 0.25) is 11.8 Å². The first-order chi connectivity index (χ1) is 8.34. The largest absolute Gasteiger partial charge is 0.481 e. The van der Waals surface area contributed by atoms with Crippen LogP contribution in [-0.4, -0.2) is 33.8 Å². The van der Waals surface area contributed by atoms with Crippen LogP contribution >= 0.6 is 0 Å². The number of carbonyl (C=O) groups excluding carboxylic acids is 2. The van der Waals surface area contributed by atoms with Gasteiger partial charge in [-0.15, -0.1) is 0 Å². The average molecular weight is 253 g/mol. The number of nitrogens with zero attached hydrogens (tertiary/aromatic N) is 1. The Kier molecular flexibility index (Phi) is 3.17. The third-order valence-electron chi connectivity index (χ3n) is 4.43. The number of carboxylic acids is 1. The second-order valence-corrected chi connectivity index (χ2v) is 5.70.